The van der Waals surface area contributed by atoms with E-state index in [2.05, 4.69) is 15.4 Å². The summed E-state index contributed by atoms with van der Waals surface area (Å²) in [6.45, 7) is 3.60. The molecule has 2 heterocycles. The molecule has 0 spiro atoms. The maximum absolute atomic E-state index is 11.9. The van der Waals surface area contributed by atoms with Crippen LogP contribution in [-0.4, -0.2) is 65.0 Å². The predicted molar refractivity (Wildman–Crippen MR) is 64.9 cm³/mol. The minimum atomic E-state index is 0.0964. The number of hydrogen-bond acceptors (Lipinski definition) is 5. The van der Waals surface area contributed by atoms with E-state index < -0.39 is 0 Å². The zero-order valence-electron chi connectivity index (χ0n) is 10.6. The topological polar surface area (TPSA) is 72.3 Å². The van der Waals surface area contributed by atoms with Gasteiger partial charge in [0.25, 0.3) is 0 Å². The first-order valence-corrected chi connectivity index (χ1v) is 6.14. The van der Waals surface area contributed by atoms with Gasteiger partial charge in [-0.05, 0) is 0 Å². The lowest BCUT2D eigenvalue weighted by Crippen LogP contribution is -2.45. The van der Waals surface area contributed by atoms with Crippen LogP contribution in [-0.2, 0) is 16.1 Å². The van der Waals surface area contributed by atoms with Gasteiger partial charge >= 0.3 is 0 Å². The van der Waals surface area contributed by atoms with E-state index in [1.807, 2.05) is 7.05 Å². The number of ether oxygens (including phenoxy) is 1. The summed E-state index contributed by atoms with van der Waals surface area (Å²) >= 11 is 0. The Bertz CT molecular complexity index is 362. The van der Waals surface area contributed by atoms with Gasteiger partial charge < -0.3 is 15.0 Å². The molecule has 1 saturated heterocycles. The van der Waals surface area contributed by atoms with Gasteiger partial charge in [0.1, 0.15) is 12.7 Å². The van der Waals surface area contributed by atoms with Crippen LogP contribution in [0.4, 0.5) is 0 Å². The van der Waals surface area contributed by atoms with Crippen LogP contribution in [0.5, 0.6) is 0 Å². The molecule has 1 N–H and O–H groups in total. The fourth-order valence-corrected chi connectivity index (χ4v) is 1.89. The number of likely N-dealkylation sites (N-methyl/N-ethyl adjacent to an activating group) is 1. The highest BCUT2D eigenvalue weighted by Crippen LogP contribution is 2.01. The smallest absolute Gasteiger partial charge is 0.224 e. The number of carbonyl (C=O) groups excluding carboxylic acids is 1. The van der Waals surface area contributed by atoms with Crippen molar-refractivity contribution in [2.75, 3.05) is 33.3 Å². The van der Waals surface area contributed by atoms with Gasteiger partial charge in [0.2, 0.25) is 5.91 Å². The fraction of sp³-hybridized carbons (Fsp3) is 0.727. The van der Waals surface area contributed by atoms with Crippen LogP contribution in [0.2, 0.25) is 0 Å². The molecule has 1 aliphatic rings. The molecule has 1 aliphatic heterocycles. The van der Waals surface area contributed by atoms with E-state index in [9.17, 15) is 4.79 Å². The lowest BCUT2D eigenvalue weighted by atomic mass is 10.2. The maximum atomic E-state index is 11.9. The molecule has 7 heteroatoms. The Balaban J connectivity index is 1.70. The molecule has 1 unspecified atom stereocenters. The number of hydrogen-bond donors (Lipinski definition) is 1. The fourth-order valence-electron chi connectivity index (χ4n) is 1.89. The van der Waals surface area contributed by atoms with Crippen LogP contribution in [0.25, 0.3) is 0 Å². The summed E-state index contributed by atoms with van der Waals surface area (Å²) in [5, 5.41) is 7.21. The van der Waals surface area contributed by atoms with Crippen molar-refractivity contribution >= 4 is 5.91 Å². The van der Waals surface area contributed by atoms with Gasteiger partial charge in [0, 0.05) is 33.1 Å². The quantitative estimate of drug-likeness (QED) is 0.737. The maximum Gasteiger partial charge on any atom is 0.224 e. The van der Waals surface area contributed by atoms with Crippen molar-refractivity contribution in [3.05, 3.63) is 12.7 Å². The number of carbonyl (C=O) groups is 1. The van der Waals surface area contributed by atoms with E-state index in [-0.39, 0.29) is 12.0 Å². The van der Waals surface area contributed by atoms with Crippen molar-refractivity contribution in [3.8, 4) is 0 Å². The first kappa shape index (κ1) is 13.0. The monoisotopic (exact) mass is 253 g/mol. The highest BCUT2D eigenvalue weighted by molar-refractivity contribution is 5.75. The van der Waals surface area contributed by atoms with Crippen molar-refractivity contribution in [1.82, 2.24) is 25.0 Å². The lowest BCUT2D eigenvalue weighted by molar-refractivity contribution is -0.132. The van der Waals surface area contributed by atoms with Crippen LogP contribution < -0.4 is 5.32 Å². The number of nitrogens with one attached hydrogen (secondary N) is 1. The van der Waals surface area contributed by atoms with E-state index >= 15 is 0 Å². The molecule has 0 radical (unpaired) electrons. The zero-order chi connectivity index (χ0) is 12.8. The van der Waals surface area contributed by atoms with E-state index in [4.69, 9.17) is 4.74 Å². The van der Waals surface area contributed by atoms with E-state index in [1.165, 1.54) is 6.33 Å². The van der Waals surface area contributed by atoms with Crippen LogP contribution in [0, 0.1) is 0 Å². The first-order chi connectivity index (χ1) is 8.75. The minimum Gasteiger partial charge on any atom is -0.374 e. The standard InChI is InChI=1S/C11H19N5O2/c1-15(7-10-6-12-3-5-18-10)11(17)2-4-16-9-13-8-14-16/h8-10,12H,2-7H2,1H3. The molecule has 1 amide bonds. The number of nitrogens with zero attached hydrogens (tertiary/aromatic N) is 4. The molecule has 0 saturated carbocycles. The Kier molecular flexibility index (Phi) is 4.66. The van der Waals surface area contributed by atoms with Gasteiger partial charge in [-0.15, -0.1) is 0 Å². The highest BCUT2D eigenvalue weighted by atomic mass is 16.5. The molecular formula is C11H19N5O2. The lowest BCUT2D eigenvalue weighted by Gasteiger charge is -2.28. The molecule has 0 bridgehead atoms. The minimum absolute atomic E-state index is 0.0964. The Morgan fingerprint density at radius 3 is 3.22 bits per heavy atom. The molecule has 1 aromatic heterocycles. The van der Waals surface area contributed by atoms with Crippen molar-refractivity contribution in [2.24, 2.45) is 0 Å². The van der Waals surface area contributed by atoms with Crippen molar-refractivity contribution in [3.63, 3.8) is 0 Å². The summed E-state index contributed by atoms with van der Waals surface area (Å²) in [5.74, 6) is 0.0969. The summed E-state index contributed by atoms with van der Waals surface area (Å²) in [6, 6.07) is 0. The Morgan fingerprint density at radius 1 is 1.67 bits per heavy atom. The van der Waals surface area contributed by atoms with Crippen LogP contribution in [0.1, 0.15) is 6.42 Å². The molecule has 2 rings (SSSR count). The second kappa shape index (κ2) is 6.46. The molecule has 7 nitrogen and oxygen atoms in total. The largest absolute Gasteiger partial charge is 0.374 e. The summed E-state index contributed by atoms with van der Waals surface area (Å²) in [4.78, 5) is 17.5. The van der Waals surface area contributed by atoms with Crippen molar-refractivity contribution < 1.29 is 9.53 Å². The second-order valence-electron chi connectivity index (χ2n) is 4.38. The number of morpholine rings is 1. The highest BCUT2D eigenvalue weighted by Gasteiger charge is 2.18. The van der Waals surface area contributed by atoms with E-state index in [0.717, 1.165) is 13.1 Å². The average molecular weight is 253 g/mol. The number of amides is 1. The molecule has 1 aromatic rings. The second-order valence-corrected chi connectivity index (χ2v) is 4.38. The van der Waals surface area contributed by atoms with Crippen LogP contribution in [0.15, 0.2) is 12.7 Å². The van der Waals surface area contributed by atoms with Gasteiger partial charge in [-0.1, -0.05) is 0 Å². The number of rotatable bonds is 5. The molecule has 0 aromatic carbocycles. The Hall–Kier alpha value is -1.47. The molecule has 0 aliphatic carbocycles. The van der Waals surface area contributed by atoms with Crippen molar-refractivity contribution in [2.45, 2.75) is 19.1 Å². The summed E-state index contributed by atoms with van der Waals surface area (Å²) < 4.78 is 7.22. The molecule has 18 heavy (non-hydrogen) atoms. The van der Waals surface area contributed by atoms with Gasteiger partial charge in [-0.3, -0.25) is 9.48 Å². The number of aromatic nitrogens is 3. The predicted octanol–water partition coefficient (Wildman–Crippen LogP) is -0.885. The average Bonchev–Trinajstić information content (AvgIpc) is 2.90. The van der Waals surface area contributed by atoms with E-state index in [1.54, 1.807) is 15.9 Å². The third-order valence-electron chi connectivity index (χ3n) is 2.93. The summed E-state index contributed by atoms with van der Waals surface area (Å²) in [6.07, 6.45) is 3.61. The van der Waals surface area contributed by atoms with Crippen molar-refractivity contribution in [1.29, 1.82) is 0 Å². The Morgan fingerprint density at radius 2 is 2.56 bits per heavy atom. The van der Waals surface area contributed by atoms with Gasteiger partial charge in [0.05, 0.1) is 19.3 Å². The molecular weight excluding hydrogens is 234 g/mol. The van der Waals surface area contributed by atoms with Crippen LogP contribution >= 0.6 is 0 Å². The third-order valence-corrected chi connectivity index (χ3v) is 2.93. The van der Waals surface area contributed by atoms with Gasteiger partial charge in [0.15, 0.2) is 0 Å². The van der Waals surface area contributed by atoms with Gasteiger partial charge in [-0.2, -0.15) is 5.10 Å². The zero-order valence-corrected chi connectivity index (χ0v) is 10.6. The molecule has 1 fully saturated rings. The SMILES string of the molecule is CN(CC1CNCCO1)C(=O)CCn1cncn1. The molecule has 100 valence electrons. The molecule has 1 atom stereocenters. The van der Waals surface area contributed by atoms with Crippen LogP contribution in [0.3, 0.4) is 0 Å². The summed E-state index contributed by atoms with van der Waals surface area (Å²) in [7, 11) is 1.81. The Labute approximate surface area is 106 Å². The normalized spacial score (nSPS) is 19.7. The first-order valence-electron chi connectivity index (χ1n) is 6.14. The van der Waals surface area contributed by atoms with Gasteiger partial charge in [-0.25, -0.2) is 4.98 Å². The van der Waals surface area contributed by atoms with E-state index in [0.29, 0.717) is 26.1 Å². The third kappa shape index (κ3) is 3.78. The number of aryl methyl sites for hydroxylation is 1. The summed E-state index contributed by atoms with van der Waals surface area (Å²) in [5.41, 5.74) is 0.